The molecule has 0 aliphatic carbocycles. The summed E-state index contributed by atoms with van der Waals surface area (Å²) in [7, 11) is 1.74. The number of hydrogen-bond acceptors (Lipinski definition) is 5. The lowest BCUT2D eigenvalue weighted by atomic mass is 10.1. The fourth-order valence-electron chi connectivity index (χ4n) is 3.22. The van der Waals surface area contributed by atoms with Crippen LogP contribution in [0.15, 0.2) is 48.5 Å². The van der Waals surface area contributed by atoms with Crippen molar-refractivity contribution in [1.29, 1.82) is 0 Å². The zero-order valence-electron chi connectivity index (χ0n) is 15.4. The first kappa shape index (κ1) is 18.8. The molecule has 1 fully saturated rings. The van der Waals surface area contributed by atoms with Crippen LogP contribution in [0.4, 0.5) is 17.1 Å². The van der Waals surface area contributed by atoms with Gasteiger partial charge in [0, 0.05) is 37.5 Å². The van der Waals surface area contributed by atoms with Crippen molar-refractivity contribution in [3.63, 3.8) is 0 Å². The predicted octanol–water partition coefficient (Wildman–Crippen LogP) is 3.51. The Bertz CT molecular complexity index is 804. The molecular formula is C20H24N4O3. The number of carbonyl (C=O) groups excluding carboxylic acids is 1. The van der Waals surface area contributed by atoms with Crippen LogP contribution in [0.5, 0.6) is 0 Å². The standard InChI is InChI=1S/C20H24N4O3/c1-22(13-14-23-11-5-6-12-23)20(25)16-9-10-18(19(15-16)24(26)27)21-17-7-3-2-4-8-17/h2-4,7-10,15,21H,5-6,11-14H2,1H3. The minimum atomic E-state index is -0.466. The van der Waals surface area contributed by atoms with E-state index in [9.17, 15) is 14.9 Å². The van der Waals surface area contributed by atoms with E-state index in [1.165, 1.54) is 18.9 Å². The normalized spacial score (nSPS) is 14.1. The van der Waals surface area contributed by atoms with E-state index in [1.54, 1.807) is 24.1 Å². The molecule has 0 saturated carbocycles. The molecule has 1 aliphatic rings. The molecule has 1 amide bonds. The average Bonchev–Trinajstić information content (AvgIpc) is 3.20. The highest BCUT2D eigenvalue weighted by Crippen LogP contribution is 2.29. The first-order chi connectivity index (χ1) is 13.0. The average molecular weight is 368 g/mol. The summed E-state index contributed by atoms with van der Waals surface area (Å²) in [6.07, 6.45) is 2.42. The number of likely N-dealkylation sites (tertiary alicyclic amines) is 1. The molecule has 2 aromatic carbocycles. The quantitative estimate of drug-likeness (QED) is 0.598. The first-order valence-corrected chi connectivity index (χ1v) is 9.13. The Morgan fingerprint density at radius 1 is 1.19 bits per heavy atom. The summed E-state index contributed by atoms with van der Waals surface area (Å²) in [5, 5.41) is 14.5. The fourth-order valence-corrected chi connectivity index (χ4v) is 3.22. The van der Waals surface area contributed by atoms with Gasteiger partial charge >= 0.3 is 0 Å². The number of carbonyl (C=O) groups is 1. The van der Waals surface area contributed by atoms with Gasteiger partial charge in [0.25, 0.3) is 11.6 Å². The van der Waals surface area contributed by atoms with E-state index >= 15 is 0 Å². The molecule has 7 heteroatoms. The molecule has 0 radical (unpaired) electrons. The third kappa shape index (κ3) is 4.83. The second-order valence-corrected chi connectivity index (χ2v) is 6.76. The smallest absolute Gasteiger partial charge is 0.293 e. The number of amides is 1. The van der Waals surface area contributed by atoms with Crippen LogP contribution < -0.4 is 5.32 Å². The molecule has 27 heavy (non-hydrogen) atoms. The SMILES string of the molecule is CN(CCN1CCCC1)C(=O)c1ccc(Nc2ccccc2)c([N+](=O)[O-])c1. The third-order valence-electron chi connectivity index (χ3n) is 4.79. The highest BCUT2D eigenvalue weighted by Gasteiger charge is 2.20. The highest BCUT2D eigenvalue weighted by molar-refractivity contribution is 5.95. The van der Waals surface area contributed by atoms with Gasteiger partial charge in [-0.3, -0.25) is 14.9 Å². The Labute approximate surface area is 158 Å². The molecule has 1 heterocycles. The lowest BCUT2D eigenvalue weighted by molar-refractivity contribution is -0.383. The lowest BCUT2D eigenvalue weighted by Crippen LogP contribution is -2.35. The summed E-state index contributed by atoms with van der Waals surface area (Å²) in [4.78, 5) is 27.6. The maximum Gasteiger partial charge on any atom is 0.293 e. The molecule has 1 N–H and O–H groups in total. The number of nitro benzene ring substituents is 1. The number of likely N-dealkylation sites (N-methyl/N-ethyl adjacent to an activating group) is 1. The maximum atomic E-state index is 12.7. The van der Waals surface area contributed by atoms with Crippen molar-refractivity contribution in [2.75, 3.05) is 38.5 Å². The second kappa shape index (κ2) is 8.64. The summed E-state index contributed by atoms with van der Waals surface area (Å²) in [5.41, 5.74) is 1.33. The molecule has 0 unspecified atom stereocenters. The number of benzene rings is 2. The Kier molecular flexibility index (Phi) is 6.03. The van der Waals surface area contributed by atoms with E-state index in [2.05, 4.69) is 10.2 Å². The van der Waals surface area contributed by atoms with Crippen LogP contribution in [-0.4, -0.2) is 53.9 Å². The van der Waals surface area contributed by atoms with Crippen LogP contribution in [-0.2, 0) is 0 Å². The van der Waals surface area contributed by atoms with Gasteiger partial charge in [0.2, 0.25) is 0 Å². The van der Waals surface area contributed by atoms with Crippen LogP contribution in [0.3, 0.4) is 0 Å². The van der Waals surface area contributed by atoms with Crippen molar-refractivity contribution in [3.8, 4) is 0 Å². The molecule has 1 aliphatic heterocycles. The second-order valence-electron chi connectivity index (χ2n) is 6.76. The number of para-hydroxylation sites is 1. The summed E-state index contributed by atoms with van der Waals surface area (Å²) >= 11 is 0. The molecule has 1 saturated heterocycles. The maximum absolute atomic E-state index is 12.7. The lowest BCUT2D eigenvalue weighted by Gasteiger charge is -2.21. The van der Waals surface area contributed by atoms with Gasteiger partial charge in [0.15, 0.2) is 0 Å². The zero-order chi connectivity index (χ0) is 19.2. The van der Waals surface area contributed by atoms with Gasteiger partial charge in [0.05, 0.1) is 4.92 Å². The molecule has 0 bridgehead atoms. The molecular weight excluding hydrogens is 344 g/mol. The predicted molar refractivity (Wildman–Crippen MR) is 105 cm³/mol. The van der Waals surface area contributed by atoms with Crippen LogP contribution in [0.2, 0.25) is 0 Å². The fraction of sp³-hybridized carbons (Fsp3) is 0.350. The topological polar surface area (TPSA) is 78.7 Å². The number of hydrogen-bond donors (Lipinski definition) is 1. The van der Waals surface area contributed by atoms with Crippen molar-refractivity contribution < 1.29 is 9.72 Å². The van der Waals surface area contributed by atoms with Gasteiger partial charge in [-0.15, -0.1) is 0 Å². The van der Waals surface area contributed by atoms with E-state index in [0.717, 1.165) is 25.3 Å². The van der Waals surface area contributed by atoms with E-state index in [4.69, 9.17) is 0 Å². The third-order valence-corrected chi connectivity index (χ3v) is 4.79. The van der Waals surface area contributed by atoms with Gasteiger partial charge in [-0.2, -0.15) is 0 Å². The van der Waals surface area contributed by atoms with Crippen LogP contribution in [0.1, 0.15) is 23.2 Å². The minimum Gasteiger partial charge on any atom is -0.350 e. The zero-order valence-corrected chi connectivity index (χ0v) is 15.4. The number of anilines is 2. The highest BCUT2D eigenvalue weighted by atomic mass is 16.6. The summed E-state index contributed by atoms with van der Waals surface area (Å²) in [6, 6.07) is 13.8. The molecule has 0 atom stereocenters. The van der Waals surface area contributed by atoms with Crippen molar-refractivity contribution in [1.82, 2.24) is 9.80 Å². The summed E-state index contributed by atoms with van der Waals surface area (Å²) in [6.45, 7) is 3.59. The van der Waals surface area contributed by atoms with Crippen molar-refractivity contribution in [3.05, 3.63) is 64.2 Å². The first-order valence-electron chi connectivity index (χ1n) is 9.13. The Hall–Kier alpha value is -2.93. The van der Waals surface area contributed by atoms with Crippen molar-refractivity contribution in [2.24, 2.45) is 0 Å². The molecule has 0 spiro atoms. The molecule has 2 aromatic rings. The van der Waals surface area contributed by atoms with Crippen molar-refractivity contribution in [2.45, 2.75) is 12.8 Å². The Morgan fingerprint density at radius 3 is 2.56 bits per heavy atom. The van der Waals surface area contributed by atoms with Crippen molar-refractivity contribution >= 4 is 23.0 Å². The van der Waals surface area contributed by atoms with Crippen LogP contribution in [0.25, 0.3) is 0 Å². The minimum absolute atomic E-state index is 0.113. The van der Waals surface area contributed by atoms with Crippen LogP contribution in [0, 0.1) is 10.1 Å². The van der Waals surface area contributed by atoms with Gasteiger partial charge < -0.3 is 15.1 Å². The Balaban J connectivity index is 1.72. The van der Waals surface area contributed by atoms with Crippen LogP contribution >= 0.6 is 0 Å². The molecule has 142 valence electrons. The van der Waals surface area contributed by atoms with Gasteiger partial charge in [-0.05, 0) is 50.2 Å². The van der Waals surface area contributed by atoms with Gasteiger partial charge in [-0.1, -0.05) is 18.2 Å². The number of rotatable bonds is 7. The monoisotopic (exact) mass is 368 g/mol. The number of nitro groups is 1. The van der Waals surface area contributed by atoms with E-state index in [1.807, 2.05) is 30.3 Å². The van der Waals surface area contributed by atoms with Gasteiger partial charge in [-0.25, -0.2) is 0 Å². The molecule has 3 rings (SSSR count). The van der Waals surface area contributed by atoms with E-state index in [0.29, 0.717) is 17.8 Å². The number of nitrogens with zero attached hydrogens (tertiary/aromatic N) is 3. The van der Waals surface area contributed by atoms with E-state index < -0.39 is 4.92 Å². The summed E-state index contributed by atoms with van der Waals surface area (Å²) in [5.74, 6) is -0.205. The van der Waals surface area contributed by atoms with Gasteiger partial charge in [0.1, 0.15) is 5.69 Å². The number of nitrogens with one attached hydrogen (secondary N) is 1. The summed E-state index contributed by atoms with van der Waals surface area (Å²) < 4.78 is 0. The Morgan fingerprint density at radius 2 is 1.89 bits per heavy atom. The largest absolute Gasteiger partial charge is 0.350 e. The van der Waals surface area contributed by atoms with E-state index in [-0.39, 0.29) is 11.6 Å². The molecule has 7 nitrogen and oxygen atoms in total. The molecule has 0 aromatic heterocycles.